The SMILES string of the molecule is CNC(=O)C(O)C(O)C(O)C(CO)OC. The van der Waals surface area contributed by atoms with Gasteiger partial charge in [0.2, 0.25) is 0 Å². The highest BCUT2D eigenvalue weighted by molar-refractivity contribution is 5.80. The minimum Gasteiger partial charge on any atom is -0.394 e. The van der Waals surface area contributed by atoms with Gasteiger partial charge < -0.3 is 30.5 Å². The summed E-state index contributed by atoms with van der Waals surface area (Å²) in [6.45, 7) is -0.533. The van der Waals surface area contributed by atoms with E-state index >= 15 is 0 Å². The number of likely N-dealkylation sites (N-methyl/N-ethyl adjacent to an activating group) is 1. The van der Waals surface area contributed by atoms with Crippen molar-refractivity contribution in [2.45, 2.75) is 24.4 Å². The molecule has 0 aliphatic heterocycles. The van der Waals surface area contributed by atoms with Crippen LogP contribution in [-0.2, 0) is 9.53 Å². The van der Waals surface area contributed by atoms with E-state index in [4.69, 9.17) is 5.11 Å². The Morgan fingerprint density at radius 2 is 1.87 bits per heavy atom. The van der Waals surface area contributed by atoms with Crippen molar-refractivity contribution in [3.8, 4) is 0 Å². The molecule has 15 heavy (non-hydrogen) atoms. The molecule has 0 saturated heterocycles. The third-order valence-electron chi connectivity index (χ3n) is 2.05. The Hall–Kier alpha value is -0.730. The molecular weight excluding hydrogens is 206 g/mol. The van der Waals surface area contributed by atoms with Gasteiger partial charge in [-0.05, 0) is 0 Å². The van der Waals surface area contributed by atoms with Crippen molar-refractivity contribution in [3.63, 3.8) is 0 Å². The highest BCUT2D eigenvalue weighted by atomic mass is 16.5. The highest BCUT2D eigenvalue weighted by Gasteiger charge is 2.34. The van der Waals surface area contributed by atoms with E-state index in [9.17, 15) is 20.1 Å². The Morgan fingerprint density at radius 1 is 1.33 bits per heavy atom. The van der Waals surface area contributed by atoms with Crippen LogP contribution in [0, 0.1) is 0 Å². The lowest BCUT2D eigenvalue weighted by Gasteiger charge is -2.26. The van der Waals surface area contributed by atoms with Crippen LogP contribution in [0.4, 0.5) is 0 Å². The monoisotopic (exact) mass is 223 g/mol. The Labute approximate surface area is 87.3 Å². The molecule has 7 heteroatoms. The van der Waals surface area contributed by atoms with Crippen LogP contribution in [0.2, 0.25) is 0 Å². The summed E-state index contributed by atoms with van der Waals surface area (Å²) in [7, 11) is 2.51. The number of carbonyl (C=O) groups excluding carboxylic acids is 1. The molecular formula is C8H17NO6. The number of methoxy groups -OCH3 is 1. The summed E-state index contributed by atoms with van der Waals surface area (Å²) in [5.74, 6) is -0.825. The van der Waals surface area contributed by atoms with Crippen LogP contribution in [-0.4, -0.2) is 71.5 Å². The number of nitrogens with one attached hydrogen (secondary N) is 1. The van der Waals surface area contributed by atoms with Crippen LogP contribution in [0.25, 0.3) is 0 Å². The molecule has 7 nitrogen and oxygen atoms in total. The number of hydrogen-bond donors (Lipinski definition) is 5. The van der Waals surface area contributed by atoms with Gasteiger partial charge in [-0.2, -0.15) is 0 Å². The van der Waals surface area contributed by atoms with Crippen molar-refractivity contribution >= 4 is 5.91 Å². The zero-order valence-corrected chi connectivity index (χ0v) is 8.62. The number of hydrogen-bond acceptors (Lipinski definition) is 6. The molecule has 0 aliphatic rings. The second kappa shape index (κ2) is 6.70. The number of ether oxygens (including phenoxy) is 1. The summed E-state index contributed by atoms with van der Waals surface area (Å²) in [5.41, 5.74) is 0. The Balaban J connectivity index is 4.41. The number of aliphatic hydroxyl groups excluding tert-OH is 4. The molecule has 0 fully saturated rings. The van der Waals surface area contributed by atoms with E-state index in [2.05, 4.69) is 10.1 Å². The molecule has 0 aliphatic carbocycles. The van der Waals surface area contributed by atoms with Crippen LogP contribution in [0.15, 0.2) is 0 Å². The van der Waals surface area contributed by atoms with Gasteiger partial charge >= 0.3 is 0 Å². The molecule has 5 N–H and O–H groups in total. The lowest BCUT2D eigenvalue weighted by Crippen LogP contribution is -2.51. The zero-order chi connectivity index (χ0) is 12.0. The normalized spacial score (nSPS) is 19.1. The molecule has 0 spiro atoms. The minimum atomic E-state index is -1.77. The standard InChI is InChI=1S/C8H17NO6/c1-9-8(14)7(13)6(12)5(11)4(3-10)15-2/h4-7,10-13H,3H2,1-2H3,(H,9,14). The Bertz CT molecular complexity index is 196. The minimum absolute atomic E-state index is 0.533. The molecule has 0 rings (SSSR count). The quantitative estimate of drug-likeness (QED) is 0.324. The van der Waals surface area contributed by atoms with Gasteiger partial charge in [0.25, 0.3) is 5.91 Å². The first-order valence-corrected chi connectivity index (χ1v) is 4.39. The maximum Gasteiger partial charge on any atom is 0.251 e. The zero-order valence-electron chi connectivity index (χ0n) is 8.62. The molecule has 90 valence electrons. The summed E-state index contributed by atoms with van der Waals surface area (Å²) < 4.78 is 4.64. The van der Waals surface area contributed by atoms with Crippen molar-refractivity contribution in [2.24, 2.45) is 0 Å². The first kappa shape index (κ1) is 14.3. The van der Waals surface area contributed by atoms with Crippen LogP contribution in [0.1, 0.15) is 0 Å². The molecule has 0 saturated carbocycles. The third-order valence-corrected chi connectivity index (χ3v) is 2.05. The average Bonchev–Trinajstić information content (AvgIpc) is 2.27. The molecule has 4 atom stereocenters. The Morgan fingerprint density at radius 3 is 2.20 bits per heavy atom. The molecule has 0 heterocycles. The van der Waals surface area contributed by atoms with E-state index in [1.165, 1.54) is 14.2 Å². The summed E-state index contributed by atoms with van der Waals surface area (Å²) in [6, 6.07) is 0. The van der Waals surface area contributed by atoms with Gasteiger partial charge in [0.05, 0.1) is 6.61 Å². The summed E-state index contributed by atoms with van der Waals surface area (Å²) in [6.07, 6.45) is -6.09. The lowest BCUT2D eigenvalue weighted by atomic mass is 10.0. The molecule has 0 bridgehead atoms. The van der Waals surface area contributed by atoms with Crippen molar-refractivity contribution in [3.05, 3.63) is 0 Å². The highest BCUT2D eigenvalue weighted by Crippen LogP contribution is 2.07. The van der Waals surface area contributed by atoms with Crippen LogP contribution in [0.3, 0.4) is 0 Å². The van der Waals surface area contributed by atoms with Gasteiger partial charge in [-0.15, -0.1) is 0 Å². The fourth-order valence-electron chi connectivity index (χ4n) is 1.03. The summed E-state index contributed by atoms with van der Waals surface area (Å²) in [4.78, 5) is 10.9. The molecule has 0 aromatic heterocycles. The average molecular weight is 223 g/mol. The van der Waals surface area contributed by atoms with Gasteiger partial charge in [0.15, 0.2) is 6.10 Å². The van der Waals surface area contributed by atoms with E-state index in [0.29, 0.717) is 0 Å². The van der Waals surface area contributed by atoms with Crippen LogP contribution in [0.5, 0.6) is 0 Å². The number of rotatable bonds is 6. The molecule has 0 aromatic rings. The number of carbonyl (C=O) groups is 1. The predicted molar refractivity (Wildman–Crippen MR) is 50.0 cm³/mol. The van der Waals surface area contributed by atoms with Gasteiger partial charge in [-0.1, -0.05) is 0 Å². The topological polar surface area (TPSA) is 119 Å². The molecule has 0 aromatic carbocycles. The maximum atomic E-state index is 10.9. The largest absolute Gasteiger partial charge is 0.394 e. The van der Waals surface area contributed by atoms with E-state index < -0.39 is 36.9 Å². The van der Waals surface area contributed by atoms with Gasteiger partial charge in [-0.3, -0.25) is 4.79 Å². The summed E-state index contributed by atoms with van der Waals surface area (Å²) >= 11 is 0. The summed E-state index contributed by atoms with van der Waals surface area (Å²) in [5, 5.41) is 38.9. The van der Waals surface area contributed by atoms with Crippen LogP contribution >= 0.6 is 0 Å². The first-order valence-electron chi connectivity index (χ1n) is 4.39. The van der Waals surface area contributed by atoms with Crippen molar-refractivity contribution in [1.82, 2.24) is 5.32 Å². The number of amides is 1. The maximum absolute atomic E-state index is 10.9. The van der Waals surface area contributed by atoms with E-state index in [1.807, 2.05) is 0 Å². The smallest absolute Gasteiger partial charge is 0.251 e. The third kappa shape index (κ3) is 3.73. The van der Waals surface area contributed by atoms with Crippen molar-refractivity contribution < 1.29 is 30.0 Å². The lowest BCUT2D eigenvalue weighted by molar-refractivity contribution is -0.151. The second-order valence-corrected chi connectivity index (χ2v) is 3.00. The van der Waals surface area contributed by atoms with Gasteiger partial charge in [0.1, 0.15) is 18.3 Å². The fraction of sp³-hybridized carbons (Fsp3) is 0.875. The van der Waals surface area contributed by atoms with E-state index in [-0.39, 0.29) is 0 Å². The molecule has 4 unspecified atom stereocenters. The Kier molecular flexibility index (Phi) is 6.37. The predicted octanol–water partition coefficient (Wildman–Crippen LogP) is -3.18. The first-order chi connectivity index (χ1) is 6.99. The van der Waals surface area contributed by atoms with Crippen LogP contribution < -0.4 is 5.32 Å². The van der Waals surface area contributed by atoms with E-state index in [1.54, 1.807) is 0 Å². The van der Waals surface area contributed by atoms with E-state index in [0.717, 1.165) is 0 Å². The van der Waals surface area contributed by atoms with Gasteiger partial charge in [0, 0.05) is 14.2 Å². The number of aliphatic hydroxyl groups is 4. The van der Waals surface area contributed by atoms with Crippen molar-refractivity contribution in [1.29, 1.82) is 0 Å². The second-order valence-electron chi connectivity index (χ2n) is 3.00. The molecule has 0 radical (unpaired) electrons. The fourth-order valence-corrected chi connectivity index (χ4v) is 1.03. The van der Waals surface area contributed by atoms with Gasteiger partial charge in [-0.25, -0.2) is 0 Å². The molecule has 1 amide bonds. The van der Waals surface area contributed by atoms with Crippen molar-refractivity contribution in [2.75, 3.05) is 20.8 Å².